The minimum Gasteiger partial charge on any atom is -0.497 e. The van der Waals surface area contributed by atoms with E-state index in [2.05, 4.69) is 9.84 Å². The topological polar surface area (TPSA) is 106 Å². The maximum absolute atomic E-state index is 12.8. The lowest BCUT2D eigenvalue weighted by Gasteiger charge is -2.19. The van der Waals surface area contributed by atoms with Gasteiger partial charge in [-0.1, -0.05) is 0 Å². The number of nitrogens with zero attached hydrogens (tertiary/aromatic N) is 3. The van der Waals surface area contributed by atoms with Crippen LogP contribution in [0.5, 0.6) is 5.75 Å². The standard InChI is InChI=1S/C16H15N3O6/c1-8(20)19-13-11(12(17-19)16(23)25-3)14(21)18(15(13)22)9-4-6-10(24-2)7-5-9/h4-7,11,13H,1-3H3. The van der Waals surface area contributed by atoms with E-state index in [1.807, 2.05) is 0 Å². The fourth-order valence-corrected chi connectivity index (χ4v) is 2.93. The third kappa shape index (κ3) is 2.44. The number of hydrogen-bond donors (Lipinski definition) is 0. The zero-order chi connectivity index (χ0) is 18.3. The van der Waals surface area contributed by atoms with Crippen LogP contribution in [0.3, 0.4) is 0 Å². The molecular formula is C16H15N3O6. The normalized spacial score (nSPS) is 22.0. The van der Waals surface area contributed by atoms with E-state index in [1.165, 1.54) is 14.0 Å². The molecule has 2 aliphatic heterocycles. The molecule has 0 N–H and O–H groups in total. The average molecular weight is 345 g/mol. The second-order valence-corrected chi connectivity index (χ2v) is 5.47. The van der Waals surface area contributed by atoms with E-state index < -0.39 is 35.7 Å². The molecule has 25 heavy (non-hydrogen) atoms. The highest BCUT2D eigenvalue weighted by Gasteiger charge is 2.59. The molecule has 1 aromatic rings. The molecule has 2 unspecified atom stereocenters. The number of hydrazone groups is 1. The fraction of sp³-hybridized carbons (Fsp3) is 0.312. The highest BCUT2D eigenvalue weighted by molar-refractivity contribution is 6.47. The van der Waals surface area contributed by atoms with Gasteiger partial charge in [-0.05, 0) is 24.3 Å². The van der Waals surface area contributed by atoms with Crippen molar-refractivity contribution in [1.82, 2.24) is 5.01 Å². The molecule has 3 amide bonds. The Morgan fingerprint density at radius 1 is 1.08 bits per heavy atom. The van der Waals surface area contributed by atoms with Crippen LogP contribution in [-0.2, 0) is 23.9 Å². The number of amides is 3. The minimum absolute atomic E-state index is 0.253. The van der Waals surface area contributed by atoms with Gasteiger partial charge in [0.15, 0.2) is 11.8 Å². The predicted molar refractivity (Wildman–Crippen MR) is 84.7 cm³/mol. The van der Waals surface area contributed by atoms with Gasteiger partial charge in [0.25, 0.3) is 5.91 Å². The van der Waals surface area contributed by atoms with Gasteiger partial charge in [-0.25, -0.2) is 14.7 Å². The number of carbonyl (C=O) groups is 4. The number of hydrogen-bond acceptors (Lipinski definition) is 7. The fourth-order valence-electron chi connectivity index (χ4n) is 2.93. The van der Waals surface area contributed by atoms with Gasteiger partial charge in [0.05, 0.1) is 19.9 Å². The smallest absolute Gasteiger partial charge is 0.355 e. The number of rotatable bonds is 3. The van der Waals surface area contributed by atoms with Gasteiger partial charge in [0.2, 0.25) is 11.8 Å². The van der Waals surface area contributed by atoms with Crippen molar-refractivity contribution in [2.24, 2.45) is 11.0 Å². The number of esters is 1. The second-order valence-electron chi connectivity index (χ2n) is 5.47. The molecular weight excluding hydrogens is 330 g/mol. The van der Waals surface area contributed by atoms with Crippen LogP contribution >= 0.6 is 0 Å². The molecule has 0 aliphatic carbocycles. The Kier molecular flexibility index (Phi) is 3.99. The molecule has 0 bridgehead atoms. The molecule has 9 heteroatoms. The molecule has 2 atom stereocenters. The molecule has 1 fully saturated rings. The minimum atomic E-state index is -1.18. The summed E-state index contributed by atoms with van der Waals surface area (Å²) in [5, 5.41) is 4.70. The zero-order valence-electron chi connectivity index (χ0n) is 13.8. The number of ether oxygens (including phenoxy) is 2. The van der Waals surface area contributed by atoms with Crippen LogP contribution in [0.25, 0.3) is 0 Å². The third-order valence-corrected chi connectivity index (χ3v) is 4.10. The van der Waals surface area contributed by atoms with Crippen LogP contribution in [0.4, 0.5) is 5.69 Å². The Labute approximate surface area is 142 Å². The van der Waals surface area contributed by atoms with Gasteiger partial charge in [-0.15, -0.1) is 0 Å². The largest absolute Gasteiger partial charge is 0.497 e. The van der Waals surface area contributed by atoms with Gasteiger partial charge >= 0.3 is 5.97 Å². The number of fused-ring (bicyclic) bond motifs is 1. The number of carbonyl (C=O) groups excluding carboxylic acids is 4. The molecule has 0 saturated carbocycles. The first-order valence-corrected chi connectivity index (χ1v) is 7.39. The first-order chi connectivity index (χ1) is 11.9. The van der Waals surface area contributed by atoms with Crippen LogP contribution in [0.2, 0.25) is 0 Å². The molecule has 1 saturated heterocycles. The summed E-state index contributed by atoms with van der Waals surface area (Å²) >= 11 is 0. The SMILES string of the molecule is COC(=O)C1=NN(C(C)=O)C2C(=O)N(c3ccc(OC)cc3)C(=O)C12. The average Bonchev–Trinajstić information content (AvgIpc) is 3.12. The van der Waals surface area contributed by atoms with E-state index in [4.69, 9.17) is 4.74 Å². The van der Waals surface area contributed by atoms with Crippen LogP contribution in [-0.4, -0.2) is 54.7 Å². The highest BCUT2D eigenvalue weighted by atomic mass is 16.5. The van der Waals surface area contributed by atoms with Crippen molar-refractivity contribution < 1.29 is 28.7 Å². The summed E-state index contributed by atoms with van der Waals surface area (Å²) in [6.07, 6.45) is 0. The molecule has 0 spiro atoms. The molecule has 2 aliphatic rings. The Balaban J connectivity index is 2.02. The first kappa shape index (κ1) is 16.6. The summed E-state index contributed by atoms with van der Waals surface area (Å²) in [7, 11) is 2.63. The monoisotopic (exact) mass is 345 g/mol. The van der Waals surface area contributed by atoms with Crippen molar-refractivity contribution in [3.05, 3.63) is 24.3 Å². The second kappa shape index (κ2) is 6.00. The Bertz CT molecular complexity index is 801. The van der Waals surface area contributed by atoms with Gasteiger partial charge < -0.3 is 9.47 Å². The first-order valence-electron chi connectivity index (χ1n) is 7.39. The van der Waals surface area contributed by atoms with E-state index in [1.54, 1.807) is 24.3 Å². The molecule has 130 valence electrons. The lowest BCUT2D eigenvalue weighted by molar-refractivity contribution is -0.136. The van der Waals surface area contributed by atoms with E-state index in [-0.39, 0.29) is 5.71 Å². The highest BCUT2D eigenvalue weighted by Crippen LogP contribution is 2.35. The van der Waals surface area contributed by atoms with Gasteiger partial charge in [-0.3, -0.25) is 14.4 Å². The molecule has 1 aromatic carbocycles. The maximum Gasteiger partial charge on any atom is 0.355 e. The Morgan fingerprint density at radius 2 is 1.72 bits per heavy atom. The Hall–Kier alpha value is -3.23. The maximum atomic E-state index is 12.8. The van der Waals surface area contributed by atoms with Crippen LogP contribution in [0.15, 0.2) is 29.4 Å². The summed E-state index contributed by atoms with van der Waals surface area (Å²) in [4.78, 5) is 50.2. The van der Waals surface area contributed by atoms with Gasteiger partial charge in [-0.2, -0.15) is 5.10 Å². The summed E-state index contributed by atoms with van der Waals surface area (Å²) in [5.41, 5.74) is 0.0648. The van der Waals surface area contributed by atoms with E-state index in [0.29, 0.717) is 11.4 Å². The van der Waals surface area contributed by atoms with Crippen LogP contribution < -0.4 is 9.64 Å². The molecule has 9 nitrogen and oxygen atoms in total. The van der Waals surface area contributed by atoms with Crippen molar-refractivity contribution in [2.45, 2.75) is 13.0 Å². The number of methoxy groups -OCH3 is 2. The van der Waals surface area contributed by atoms with E-state index >= 15 is 0 Å². The zero-order valence-corrected chi connectivity index (χ0v) is 13.8. The summed E-state index contributed by atoms with van der Waals surface area (Å²) in [6, 6.07) is 5.11. The van der Waals surface area contributed by atoms with Crippen molar-refractivity contribution in [1.29, 1.82) is 0 Å². The van der Waals surface area contributed by atoms with Crippen molar-refractivity contribution in [3.63, 3.8) is 0 Å². The molecule has 0 aromatic heterocycles. The van der Waals surface area contributed by atoms with Crippen molar-refractivity contribution >= 4 is 35.1 Å². The number of anilines is 1. The third-order valence-electron chi connectivity index (χ3n) is 4.10. The van der Waals surface area contributed by atoms with Gasteiger partial charge in [0, 0.05) is 6.92 Å². The lowest BCUT2D eigenvalue weighted by Crippen LogP contribution is -2.41. The van der Waals surface area contributed by atoms with Crippen LogP contribution in [0, 0.1) is 5.92 Å². The van der Waals surface area contributed by atoms with Gasteiger partial charge in [0.1, 0.15) is 11.7 Å². The molecule has 0 radical (unpaired) electrons. The quantitative estimate of drug-likeness (QED) is 0.561. The van der Waals surface area contributed by atoms with Crippen LogP contribution in [0.1, 0.15) is 6.92 Å². The summed E-state index contributed by atoms with van der Waals surface area (Å²) < 4.78 is 9.67. The Morgan fingerprint density at radius 3 is 2.24 bits per heavy atom. The lowest BCUT2D eigenvalue weighted by atomic mass is 9.98. The van der Waals surface area contributed by atoms with Crippen molar-refractivity contribution in [2.75, 3.05) is 19.1 Å². The van der Waals surface area contributed by atoms with E-state index in [0.717, 1.165) is 17.0 Å². The summed E-state index contributed by atoms with van der Waals surface area (Å²) in [5.74, 6) is -3.27. The molecule has 2 heterocycles. The molecule has 3 rings (SSSR count). The predicted octanol–water partition coefficient (Wildman–Crippen LogP) is -0.0557. The van der Waals surface area contributed by atoms with E-state index in [9.17, 15) is 19.2 Å². The number of benzene rings is 1. The summed E-state index contributed by atoms with van der Waals surface area (Å²) in [6.45, 7) is 1.20. The number of imide groups is 1. The van der Waals surface area contributed by atoms with Crippen molar-refractivity contribution in [3.8, 4) is 5.75 Å².